The summed E-state index contributed by atoms with van der Waals surface area (Å²) < 4.78 is 12.7. The Kier molecular flexibility index (Phi) is 2.03. The van der Waals surface area contributed by atoms with Gasteiger partial charge in [-0.2, -0.15) is 0 Å². The van der Waals surface area contributed by atoms with E-state index < -0.39 is 4.75 Å². The number of carbonyl (C=O) groups is 1. The van der Waals surface area contributed by atoms with E-state index in [1.165, 1.54) is 17.8 Å². The third-order valence-electron chi connectivity index (χ3n) is 2.13. The van der Waals surface area contributed by atoms with Crippen molar-refractivity contribution >= 4 is 23.4 Å². The van der Waals surface area contributed by atoms with Gasteiger partial charge in [-0.05, 0) is 26.0 Å². The number of hydrogen-bond donors (Lipinski definition) is 1. The van der Waals surface area contributed by atoms with E-state index in [1.54, 1.807) is 6.07 Å². The van der Waals surface area contributed by atoms with Gasteiger partial charge in [-0.15, -0.1) is 11.8 Å². The number of rotatable bonds is 0. The van der Waals surface area contributed by atoms with Crippen LogP contribution in [0.4, 0.5) is 10.1 Å². The van der Waals surface area contributed by atoms with Gasteiger partial charge in [0.2, 0.25) is 5.91 Å². The summed E-state index contributed by atoms with van der Waals surface area (Å²) in [5.41, 5.74) is 0.307. The van der Waals surface area contributed by atoms with Crippen LogP contribution in [0.5, 0.6) is 0 Å². The van der Waals surface area contributed by atoms with Gasteiger partial charge in [0, 0.05) is 4.90 Å². The third-order valence-corrected chi connectivity index (χ3v) is 3.38. The van der Waals surface area contributed by atoms with E-state index in [9.17, 15) is 9.18 Å². The molecule has 1 aromatic carbocycles. The normalized spacial score (nSPS) is 18.6. The Morgan fingerprint density at radius 3 is 2.86 bits per heavy atom. The van der Waals surface area contributed by atoms with Crippen LogP contribution in [0.2, 0.25) is 0 Å². The Morgan fingerprint density at radius 2 is 2.14 bits per heavy atom. The largest absolute Gasteiger partial charge is 0.321 e. The number of hydrogen-bond acceptors (Lipinski definition) is 2. The molecule has 1 N–H and O–H groups in total. The van der Waals surface area contributed by atoms with E-state index in [0.717, 1.165) is 4.90 Å². The van der Waals surface area contributed by atoms with Gasteiger partial charge in [0.25, 0.3) is 0 Å². The minimum absolute atomic E-state index is 0.153. The predicted molar refractivity (Wildman–Crippen MR) is 55.0 cm³/mol. The lowest BCUT2D eigenvalue weighted by atomic mass is 10.1. The zero-order valence-electron chi connectivity index (χ0n) is 7.93. The fourth-order valence-electron chi connectivity index (χ4n) is 1.30. The number of carbonyl (C=O) groups excluding carboxylic acids is 1. The second-order valence-corrected chi connectivity index (χ2v) is 5.34. The molecule has 2 nitrogen and oxygen atoms in total. The maximum atomic E-state index is 13.3. The van der Waals surface area contributed by atoms with Crippen molar-refractivity contribution in [1.29, 1.82) is 0 Å². The zero-order chi connectivity index (χ0) is 10.3. The fourth-order valence-corrected chi connectivity index (χ4v) is 2.39. The van der Waals surface area contributed by atoms with E-state index in [1.807, 2.05) is 19.9 Å². The highest BCUT2D eigenvalue weighted by molar-refractivity contribution is 8.01. The highest BCUT2D eigenvalue weighted by Gasteiger charge is 2.35. The summed E-state index contributed by atoms with van der Waals surface area (Å²) in [5.74, 6) is -0.529. The lowest BCUT2D eigenvalue weighted by molar-refractivity contribution is -0.117. The van der Waals surface area contributed by atoms with Gasteiger partial charge < -0.3 is 5.32 Å². The SMILES string of the molecule is CC1(C)Sc2cccc(F)c2NC1=O. The molecular weight excluding hydrogens is 201 g/mol. The number of halogens is 1. The molecule has 0 saturated heterocycles. The first-order valence-corrected chi connectivity index (χ1v) is 5.11. The van der Waals surface area contributed by atoms with Crippen molar-refractivity contribution in [1.82, 2.24) is 0 Å². The lowest BCUT2D eigenvalue weighted by Gasteiger charge is -2.29. The molecule has 2 rings (SSSR count). The highest BCUT2D eigenvalue weighted by atomic mass is 32.2. The summed E-state index contributed by atoms with van der Waals surface area (Å²) in [7, 11) is 0. The smallest absolute Gasteiger partial charge is 0.240 e. The van der Waals surface area contributed by atoms with Gasteiger partial charge in [0.1, 0.15) is 5.82 Å². The minimum Gasteiger partial charge on any atom is -0.321 e. The zero-order valence-corrected chi connectivity index (χ0v) is 8.74. The Morgan fingerprint density at radius 1 is 1.43 bits per heavy atom. The molecule has 1 amide bonds. The van der Waals surface area contributed by atoms with Crippen LogP contribution < -0.4 is 5.32 Å². The minimum atomic E-state index is -0.527. The molecule has 1 aliphatic rings. The molecule has 0 aromatic heterocycles. The molecule has 74 valence electrons. The number of fused-ring (bicyclic) bond motifs is 1. The predicted octanol–water partition coefficient (Wildman–Crippen LogP) is 2.65. The van der Waals surface area contributed by atoms with Crippen LogP contribution in [0, 0.1) is 5.82 Å². The van der Waals surface area contributed by atoms with Crippen molar-refractivity contribution in [2.45, 2.75) is 23.5 Å². The lowest BCUT2D eigenvalue weighted by Crippen LogP contribution is -2.37. The van der Waals surface area contributed by atoms with Gasteiger partial charge in [0.05, 0.1) is 10.4 Å². The van der Waals surface area contributed by atoms with Crippen LogP contribution in [0.15, 0.2) is 23.1 Å². The van der Waals surface area contributed by atoms with Crippen molar-refractivity contribution in [3.05, 3.63) is 24.0 Å². The second-order valence-electron chi connectivity index (χ2n) is 3.68. The monoisotopic (exact) mass is 211 g/mol. The van der Waals surface area contributed by atoms with Crippen LogP contribution in [0.25, 0.3) is 0 Å². The van der Waals surface area contributed by atoms with Crippen LogP contribution in [0.1, 0.15) is 13.8 Å². The molecule has 0 saturated carbocycles. The average molecular weight is 211 g/mol. The van der Waals surface area contributed by atoms with Crippen molar-refractivity contribution in [3.63, 3.8) is 0 Å². The molecule has 1 aliphatic heterocycles. The first-order valence-electron chi connectivity index (χ1n) is 4.30. The molecule has 0 atom stereocenters. The summed E-state index contributed by atoms with van der Waals surface area (Å²) in [6.45, 7) is 3.64. The molecule has 0 bridgehead atoms. The fraction of sp³-hybridized carbons (Fsp3) is 0.300. The van der Waals surface area contributed by atoms with E-state index in [0.29, 0.717) is 5.69 Å². The number of para-hydroxylation sites is 1. The van der Waals surface area contributed by atoms with E-state index in [-0.39, 0.29) is 11.7 Å². The maximum absolute atomic E-state index is 13.3. The molecule has 0 spiro atoms. The molecule has 4 heteroatoms. The average Bonchev–Trinajstić information content (AvgIpc) is 2.08. The quantitative estimate of drug-likeness (QED) is 0.714. The molecule has 0 radical (unpaired) electrons. The molecule has 0 unspecified atom stereocenters. The number of nitrogens with one attached hydrogen (secondary N) is 1. The highest BCUT2D eigenvalue weighted by Crippen LogP contribution is 2.42. The van der Waals surface area contributed by atoms with Crippen LogP contribution in [-0.2, 0) is 4.79 Å². The van der Waals surface area contributed by atoms with Crippen molar-refractivity contribution in [2.75, 3.05) is 5.32 Å². The molecule has 1 aromatic rings. The molecule has 1 heterocycles. The first-order chi connectivity index (χ1) is 6.50. The van der Waals surface area contributed by atoms with Crippen LogP contribution in [0.3, 0.4) is 0 Å². The van der Waals surface area contributed by atoms with Crippen LogP contribution >= 0.6 is 11.8 Å². The summed E-state index contributed by atoms with van der Waals surface area (Å²) in [6.07, 6.45) is 0. The molecule has 0 aliphatic carbocycles. The number of thioether (sulfide) groups is 1. The summed E-state index contributed by atoms with van der Waals surface area (Å²) in [5, 5.41) is 2.58. The van der Waals surface area contributed by atoms with Gasteiger partial charge >= 0.3 is 0 Å². The molecular formula is C10H10FNOS. The van der Waals surface area contributed by atoms with Crippen LogP contribution in [-0.4, -0.2) is 10.7 Å². The van der Waals surface area contributed by atoms with E-state index >= 15 is 0 Å². The number of benzene rings is 1. The van der Waals surface area contributed by atoms with Gasteiger partial charge in [-0.3, -0.25) is 4.79 Å². The van der Waals surface area contributed by atoms with Gasteiger partial charge in [0.15, 0.2) is 0 Å². The molecule has 14 heavy (non-hydrogen) atoms. The first kappa shape index (κ1) is 9.52. The maximum Gasteiger partial charge on any atom is 0.240 e. The number of amides is 1. The summed E-state index contributed by atoms with van der Waals surface area (Å²) >= 11 is 1.38. The van der Waals surface area contributed by atoms with Crippen molar-refractivity contribution in [2.24, 2.45) is 0 Å². The van der Waals surface area contributed by atoms with Crippen molar-refractivity contribution < 1.29 is 9.18 Å². The second kappa shape index (κ2) is 2.98. The van der Waals surface area contributed by atoms with Gasteiger partial charge in [-0.1, -0.05) is 6.07 Å². The van der Waals surface area contributed by atoms with Crippen molar-refractivity contribution in [3.8, 4) is 0 Å². The molecule has 0 fully saturated rings. The Hall–Kier alpha value is -1.03. The standard InChI is InChI=1S/C10H10FNOS/c1-10(2)9(13)12-8-6(11)4-3-5-7(8)14-10/h3-5H,1-2H3,(H,12,13). The third kappa shape index (κ3) is 1.39. The van der Waals surface area contributed by atoms with E-state index in [4.69, 9.17) is 0 Å². The topological polar surface area (TPSA) is 29.1 Å². The summed E-state index contributed by atoms with van der Waals surface area (Å²) in [4.78, 5) is 12.3. The van der Waals surface area contributed by atoms with Gasteiger partial charge in [-0.25, -0.2) is 4.39 Å². The Labute approximate surface area is 85.9 Å². The number of anilines is 1. The Balaban J connectivity index is 2.51. The Bertz CT molecular complexity index is 403. The summed E-state index contributed by atoms with van der Waals surface area (Å²) in [6, 6.07) is 4.80. The van der Waals surface area contributed by atoms with E-state index in [2.05, 4.69) is 5.32 Å².